The second-order valence-electron chi connectivity index (χ2n) is 8.73. The molecule has 1 unspecified atom stereocenters. The van der Waals surface area contributed by atoms with Crippen molar-refractivity contribution in [2.75, 3.05) is 20.1 Å². The summed E-state index contributed by atoms with van der Waals surface area (Å²) in [6, 6.07) is 0. The number of allylic oxidation sites excluding steroid dienone is 3. The first-order chi connectivity index (χ1) is 13.1. The summed E-state index contributed by atoms with van der Waals surface area (Å²) < 4.78 is 5.71. The maximum absolute atomic E-state index is 12.5. The fourth-order valence-corrected chi connectivity index (χ4v) is 4.94. The van der Waals surface area contributed by atoms with Gasteiger partial charge in [0.15, 0.2) is 0 Å². The molecule has 7 heteroatoms. The van der Waals surface area contributed by atoms with E-state index in [1.807, 2.05) is 19.9 Å². The Morgan fingerprint density at radius 1 is 1.36 bits per heavy atom. The number of carbonyl (C=O) groups excluding carboxylic acids is 2. The van der Waals surface area contributed by atoms with Crippen LogP contribution >= 0.6 is 0 Å². The summed E-state index contributed by atoms with van der Waals surface area (Å²) in [5.74, 6) is -0.133. The van der Waals surface area contributed by atoms with Gasteiger partial charge in [-0.15, -0.1) is 0 Å². The minimum absolute atomic E-state index is 0.00728. The molecule has 0 bridgehead atoms. The number of aliphatic hydroxyl groups is 2. The van der Waals surface area contributed by atoms with E-state index in [1.165, 1.54) is 4.90 Å². The number of rotatable bonds is 1. The zero-order valence-electron chi connectivity index (χ0n) is 16.8. The predicted molar refractivity (Wildman–Crippen MR) is 102 cm³/mol. The van der Waals surface area contributed by atoms with Gasteiger partial charge in [-0.1, -0.05) is 13.8 Å². The van der Waals surface area contributed by atoms with Gasteiger partial charge in [0, 0.05) is 42.7 Å². The molecule has 152 valence electrons. The number of amides is 2. The first-order valence-corrected chi connectivity index (χ1v) is 9.87. The molecule has 28 heavy (non-hydrogen) atoms. The van der Waals surface area contributed by atoms with Gasteiger partial charge < -0.3 is 24.7 Å². The largest absolute Gasteiger partial charge is 0.443 e. The average molecular weight is 388 g/mol. The van der Waals surface area contributed by atoms with Crippen molar-refractivity contribution in [2.45, 2.75) is 51.9 Å². The summed E-state index contributed by atoms with van der Waals surface area (Å²) in [6.45, 7) is 6.67. The van der Waals surface area contributed by atoms with Crippen molar-refractivity contribution < 1.29 is 24.5 Å². The lowest BCUT2D eigenvalue weighted by atomic mass is 9.59. The van der Waals surface area contributed by atoms with E-state index >= 15 is 0 Å². The van der Waals surface area contributed by atoms with Gasteiger partial charge in [0.05, 0.1) is 6.10 Å². The number of hydrogen-bond donors (Lipinski definition) is 2. The molecule has 1 saturated heterocycles. The number of fused-ring (bicyclic) bond motifs is 2. The summed E-state index contributed by atoms with van der Waals surface area (Å²) in [5.41, 5.74) is 3.31. The third kappa shape index (κ3) is 2.71. The highest BCUT2D eigenvalue weighted by atomic mass is 16.6. The third-order valence-corrected chi connectivity index (χ3v) is 7.09. The summed E-state index contributed by atoms with van der Waals surface area (Å²) in [6.07, 6.45) is 2.35. The lowest BCUT2D eigenvalue weighted by Gasteiger charge is -2.48. The Bertz CT molecular complexity index is 829. The molecule has 4 rings (SSSR count). The zero-order chi connectivity index (χ0) is 20.4. The maximum Gasteiger partial charge on any atom is 0.410 e. The molecule has 0 radical (unpaired) electrons. The van der Waals surface area contributed by atoms with Crippen molar-refractivity contribution in [2.24, 2.45) is 11.3 Å². The molecular weight excluding hydrogens is 360 g/mol. The lowest BCUT2D eigenvalue weighted by Crippen LogP contribution is -2.50. The van der Waals surface area contributed by atoms with Crippen molar-refractivity contribution in [3.05, 3.63) is 34.6 Å². The minimum atomic E-state index is -0.916. The van der Waals surface area contributed by atoms with Gasteiger partial charge in [0.2, 0.25) is 0 Å². The number of hydrogen-bond acceptors (Lipinski definition) is 5. The van der Waals surface area contributed by atoms with Gasteiger partial charge in [0.25, 0.3) is 5.91 Å². The molecule has 0 aromatic heterocycles. The van der Waals surface area contributed by atoms with Crippen LogP contribution in [0.1, 0.15) is 33.6 Å². The molecule has 2 aliphatic heterocycles. The Morgan fingerprint density at radius 2 is 2.07 bits per heavy atom. The SMILES string of the molecule is CC1=C2C[C@@]3(C)C(=C[C@@H](O)[C@H](OC(=O)N4CCC(O)C4)[C@@H]3C)C=C2N(C)C1=O. The molecule has 5 atom stereocenters. The molecule has 2 amide bonds. The van der Waals surface area contributed by atoms with Crippen molar-refractivity contribution in [3.63, 3.8) is 0 Å². The normalized spacial score (nSPS) is 37.6. The second-order valence-corrected chi connectivity index (χ2v) is 8.73. The number of nitrogens with zero attached hydrogens (tertiary/aromatic N) is 2. The van der Waals surface area contributed by atoms with E-state index in [9.17, 15) is 19.8 Å². The van der Waals surface area contributed by atoms with Crippen LogP contribution in [0.15, 0.2) is 34.6 Å². The van der Waals surface area contributed by atoms with E-state index in [1.54, 1.807) is 18.0 Å². The highest BCUT2D eigenvalue weighted by Crippen LogP contribution is 2.54. The van der Waals surface area contributed by atoms with Crippen molar-refractivity contribution in [1.29, 1.82) is 0 Å². The summed E-state index contributed by atoms with van der Waals surface area (Å²) in [5, 5.41) is 20.4. The van der Waals surface area contributed by atoms with Gasteiger partial charge >= 0.3 is 6.09 Å². The van der Waals surface area contributed by atoms with Crippen LogP contribution in [0.3, 0.4) is 0 Å². The van der Waals surface area contributed by atoms with E-state index < -0.39 is 24.4 Å². The second kappa shape index (κ2) is 6.46. The van der Waals surface area contributed by atoms with Crippen LogP contribution < -0.4 is 0 Å². The molecule has 1 fully saturated rings. The van der Waals surface area contributed by atoms with E-state index in [0.29, 0.717) is 19.4 Å². The van der Waals surface area contributed by atoms with Crippen LogP contribution in [-0.2, 0) is 9.53 Å². The molecule has 4 aliphatic rings. The third-order valence-electron chi connectivity index (χ3n) is 7.09. The summed E-state index contributed by atoms with van der Waals surface area (Å²) in [7, 11) is 1.77. The highest BCUT2D eigenvalue weighted by Gasteiger charge is 2.51. The van der Waals surface area contributed by atoms with E-state index in [4.69, 9.17) is 4.74 Å². The van der Waals surface area contributed by atoms with Gasteiger partial charge in [-0.05, 0) is 43.1 Å². The van der Waals surface area contributed by atoms with Crippen molar-refractivity contribution in [3.8, 4) is 0 Å². The van der Waals surface area contributed by atoms with Crippen LogP contribution in [0, 0.1) is 11.3 Å². The van der Waals surface area contributed by atoms with Crippen LogP contribution in [0.25, 0.3) is 0 Å². The zero-order valence-corrected chi connectivity index (χ0v) is 16.8. The lowest BCUT2D eigenvalue weighted by molar-refractivity contribution is -0.123. The fourth-order valence-electron chi connectivity index (χ4n) is 4.94. The standard InChI is InChI=1S/C21H28N2O5/c1-11-15-9-21(3)12(2)18(28-20(27)23-6-5-14(24)10-23)17(25)8-13(21)7-16(15)22(4)19(11)26/h7-8,12,14,17-18,24-25H,5-6,9-10H2,1-4H3/t12-,14?,17+,18+,21+/m0/s1. The van der Waals surface area contributed by atoms with Crippen LogP contribution in [-0.4, -0.2) is 70.5 Å². The Hall–Kier alpha value is -2.12. The van der Waals surface area contributed by atoms with Crippen molar-refractivity contribution >= 4 is 12.0 Å². The quantitative estimate of drug-likeness (QED) is 0.712. The fraction of sp³-hybridized carbons (Fsp3) is 0.619. The first kappa shape index (κ1) is 19.2. The van der Waals surface area contributed by atoms with E-state index in [2.05, 4.69) is 6.92 Å². The predicted octanol–water partition coefficient (Wildman–Crippen LogP) is 1.58. The first-order valence-electron chi connectivity index (χ1n) is 9.87. The molecule has 2 heterocycles. The van der Waals surface area contributed by atoms with Gasteiger partial charge in [-0.2, -0.15) is 0 Å². The molecule has 2 N–H and O–H groups in total. The number of aliphatic hydroxyl groups excluding tert-OH is 2. The van der Waals surface area contributed by atoms with Crippen LogP contribution in [0.2, 0.25) is 0 Å². The van der Waals surface area contributed by atoms with Gasteiger partial charge in [0.1, 0.15) is 12.2 Å². The minimum Gasteiger partial charge on any atom is -0.443 e. The van der Waals surface area contributed by atoms with Crippen LogP contribution in [0.5, 0.6) is 0 Å². The Balaban J connectivity index is 1.63. The maximum atomic E-state index is 12.5. The van der Waals surface area contributed by atoms with E-state index in [-0.39, 0.29) is 23.8 Å². The van der Waals surface area contributed by atoms with Crippen LogP contribution in [0.4, 0.5) is 4.79 Å². The average Bonchev–Trinajstić information content (AvgIpc) is 3.17. The van der Waals surface area contributed by atoms with Crippen molar-refractivity contribution in [1.82, 2.24) is 9.80 Å². The molecule has 0 aromatic rings. The molecule has 0 aromatic carbocycles. The number of likely N-dealkylation sites (tertiary alicyclic amines) is 1. The van der Waals surface area contributed by atoms with Gasteiger partial charge in [-0.25, -0.2) is 4.79 Å². The number of likely N-dealkylation sites (N-methyl/N-ethyl adjacent to an activating group) is 1. The molecule has 0 saturated carbocycles. The monoisotopic (exact) mass is 388 g/mol. The molecule has 0 spiro atoms. The summed E-state index contributed by atoms with van der Waals surface area (Å²) >= 11 is 0. The highest BCUT2D eigenvalue weighted by molar-refractivity contribution is 6.00. The Kier molecular flexibility index (Phi) is 4.43. The molecular formula is C21H28N2O5. The Morgan fingerprint density at radius 3 is 2.71 bits per heavy atom. The van der Waals surface area contributed by atoms with E-state index in [0.717, 1.165) is 22.4 Å². The molecule has 7 nitrogen and oxygen atoms in total. The summed E-state index contributed by atoms with van der Waals surface area (Å²) in [4.78, 5) is 28.0. The number of ether oxygens (including phenoxy) is 1. The Labute approximate surface area is 164 Å². The van der Waals surface area contributed by atoms with Gasteiger partial charge in [-0.3, -0.25) is 4.79 Å². The number of carbonyl (C=O) groups is 2. The smallest absolute Gasteiger partial charge is 0.410 e. The molecule has 2 aliphatic carbocycles. The number of β-amino-alcohol motifs (C(OH)–C–C–N with tert-alkyl or cyclic N) is 1. The topological polar surface area (TPSA) is 90.3 Å².